The maximum absolute atomic E-state index is 10.6. The number of hydrogen-bond acceptors (Lipinski definition) is 8. The number of rotatable bonds is 3. The molecular weight excluding hydrogens is 250 g/mol. The van der Waals surface area contributed by atoms with E-state index in [4.69, 9.17) is 11.0 Å². The lowest BCUT2D eigenvalue weighted by Gasteiger charge is -2.33. The van der Waals surface area contributed by atoms with Gasteiger partial charge in [0.05, 0.1) is 17.5 Å². The Morgan fingerprint density at radius 2 is 2.16 bits per heavy atom. The highest BCUT2D eigenvalue weighted by Crippen LogP contribution is 2.20. The molecule has 0 saturated carbocycles. The summed E-state index contributed by atoms with van der Waals surface area (Å²) < 4.78 is 0. The van der Waals surface area contributed by atoms with Gasteiger partial charge in [-0.3, -0.25) is 15.0 Å². The molecule has 1 saturated heterocycles. The molecule has 0 atom stereocenters. The number of nitriles is 1. The highest BCUT2D eigenvalue weighted by Gasteiger charge is 2.21. The van der Waals surface area contributed by atoms with Crippen LogP contribution in [0.15, 0.2) is 6.20 Å². The molecule has 0 spiro atoms. The fourth-order valence-electron chi connectivity index (χ4n) is 1.88. The third-order valence-electron chi connectivity index (χ3n) is 2.93. The van der Waals surface area contributed by atoms with Crippen LogP contribution in [-0.2, 0) is 0 Å². The first kappa shape index (κ1) is 13.0. The van der Waals surface area contributed by atoms with Crippen LogP contribution >= 0.6 is 0 Å². The summed E-state index contributed by atoms with van der Waals surface area (Å²) in [4.78, 5) is 21.8. The summed E-state index contributed by atoms with van der Waals surface area (Å²) in [6.07, 6.45) is 1.12. The van der Waals surface area contributed by atoms with Crippen molar-refractivity contribution in [2.75, 3.05) is 43.4 Å². The van der Waals surface area contributed by atoms with Gasteiger partial charge in [0, 0.05) is 26.2 Å². The zero-order chi connectivity index (χ0) is 13.8. The Hall–Kier alpha value is -2.47. The van der Waals surface area contributed by atoms with Crippen molar-refractivity contribution in [3.05, 3.63) is 16.3 Å². The van der Waals surface area contributed by atoms with Gasteiger partial charge in [0.25, 0.3) is 0 Å². The van der Waals surface area contributed by atoms with E-state index in [-0.39, 0.29) is 11.5 Å². The molecule has 9 nitrogen and oxygen atoms in total. The normalized spacial score (nSPS) is 16.1. The molecule has 9 heteroatoms. The molecule has 0 amide bonds. The van der Waals surface area contributed by atoms with Gasteiger partial charge in [0.1, 0.15) is 6.20 Å². The van der Waals surface area contributed by atoms with Crippen molar-refractivity contribution in [1.82, 2.24) is 14.9 Å². The smallest absolute Gasteiger partial charge is 0.329 e. The van der Waals surface area contributed by atoms with Crippen molar-refractivity contribution in [2.24, 2.45) is 0 Å². The first-order valence-corrected chi connectivity index (χ1v) is 5.73. The number of nitrogens with two attached hydrogens (primary N) is 1. The number of nitrogen functional groups attached to an aromatic ring is 1. The van der Waals surface area contributed by atoms with E-state index in [1.807, 2.05) is 9.80 Å². The number of aromatic nitrogens is 2. The molecule has 100 valence electrons. The second-order valence-corrected chi connectivity index (χ2v) is 4.12. The van der Waals surface area contributed by atoms with Crippen molar-refractivity contribution in [2.45, 2.75) is 0 Å². The summed E-state index contributed by atoms with van der Waals surface area (Å²) in [5.41, 5.74) is 5.25. The molecule has 2 N–H and O–H groups in total. The average Bonchev–Trinajstić information content (AvgIpc) is 2.39. The zero-order valence-corrected chi connectivity index (χ0v) is 10.2. The molecule has 1 aromatic heterocycles. The lowest BCUT2D eigenvalue weighted by atomic mass is 10.3. The Bertz CT molecular complexity index is 519. The van der Waals surface area contributed by atoms with Crippen LogP contribution in [-0.4, -0.2) is 52.5 Å². The first-order valence-electron chi connectivity index (χ1n) is 5.73. The Labute approximate surface area is 109 Å². The maximum atomic E-state index is 10.6. The van der Waals surface area contributed by atoms with Gasteiger partial charge >= 0.3 is 5.69 Å². The lowest BCUT2D eigenvalue weighted by molar-refractivity contribution is -0.384. The summed E-state index contributed by atoms with van der Waals surface area (Å²) in [6, 6.07) is 2.10. The fourth-order valence-corrected chi connectivity index (χ4v) is 1.88. The van der Waals surface area contributed by atoms with Gasteiger partial charge in [-0.1, -0.05) is 0 Å². The Balaban J connectivity index is 2.06. The topological polar surface area (TPSA) is 125 Å². The second kappa shape index (κ2) is 5.45. The van der Waals surface area contributed by atoms with Gasteiger partial charge in [0.15, 0.2) is 0 Å². The predicted molar refractivity (Wildman–Crippen MR) is 67.4 cm³/mol. The molecule has 2 rings (SSSR count). The monoisotopic (exact) mass is 263 g/mol. The molecule has 1 aliphatic rings. The van der Waals surface area contributed by atoms with Crippen LogP contribution in [0.4, 0.5) is 17.5 Å². The standard InChI is InChI=1S/C10H13N7O2/c11-1-2-15-3-5-16(6-4-15)10-13-7-8(17(18)19)9(12)14-10/h7H,2-6H2,(H2,12,13,14). The third-order valence-corrected chi connectivity index (χ3v) is 2.93. The SMILES string of the molecule is N#CCN1CCN(c2ncc([N+](=O)[O-])c(N)n2)CC1. The van der Waals surface area contributed by atoms with Gasteiger partial charge in [-0.2, -0.15) is 10.2 Å². The molecule has 1 fully saturated rings. The van der Waals surface area contributed by atoms with Crippen LogP contribution < -0.4 is 10.6 Å². The highest BCUT2D eigenvalue weighted by molar-refractivity contribution is 5.53. The van der Waals surface area contributed by atoms with Crippen LogP contribution in [0, 0.1) is 21.4 Å². The van der Waals surface area contributed by atoms with Gasteiger partial charge in [-0.15, -0.1) is 0 Å². The molecule has 2 heterocycles. The van der Waals surface area contributed by atoms with Crippen molar-refractivity contribution in [1.29, 1.82) is 5.26 Å². The number of hydrogen-bond donors (Lipinski definition) is 1. The van der Waals surface area contributed by atoms with E-state index in [0.29, 0.717) is 25.6 Å². The first-order chi connectivity index (χ1) is 9.11. The Kier molecular flexibility index (Phi) is 3.72. The molecule has 1 aliphatic heterocycles. The van der Waals surface area contributed by atoms with Gasteiger partial charge in [0.2, 0.25) is 11.8 Å². The molecule has 0 radical (unpaired) electrons. The second-order valence-electron chi connectivity index (χ2n) is 4.12. The van der Waals surface area contributed by atoms with E-state index in [1.165, 1.54) is 0 Å². The quantitative estimate of drug-likeness (QED) is 0.444. The van der Waals surface area contributed by atoms with Crippen molar-refractivity contribution >= 4 is 17.5 Å². The summed E-state index contributed by atoms with van der Waals surface area (Å²) >= 11 is 0. The number of anilines is 2. The van der Waals surface area contributed by atoms with E-state index in [9.17, 15) is 10.1 Å². The zero-order valence-electron chi connectivity index (χ0n) is 10.2. The molecule has 0 bridgehead atoms. The van der Waals surface area contributed by atoms with Crippen molar-refractivity contribution < 1.29 is 4.92 Å². The summed E-state index contributed by atoms with van der Waals surface area (Å²) in [7, 11) is 0. The number of piperazine rings is 1. The van der Waals surface area contributed by atoms with E-state index < -0.39 is 4.92 Å². The third kappa shape index (κ3) is 2.86. The van der Waals surface area contributed by atoms with Gasteiger partial charge in [-0.25, -0.2) is 4.98 Å². The highest BCUT2D eigenvalue weighted by atomic mass is 16.6. The van der Waals surface area contributed by atoms with Crippen LogP contribution in [0.25, 0.3) is 0 Å². The van der Waals surface area contributed by atoms with Crippen molar-refractivity contribution in [3.63, 3.8) is 0 Å². The molecule has 19 heavy (non-hydrogen) atoms. The average molecular weight is 263 g/mol. The van der Waals surface area contributed by atoms with Crippen LogP contribution in [0.1, 0.15) is 0 Å². The minimum Gasteiger partial charge on any atom is -0.378 e. The largest absolute Gasteiger partial charge is 0.378 e. The molecule has 1 aromatic rings. The summed E-state index contributed by atoms with van der Waals surface area (Å²) in [5.74, 6) is 0.258. The van der Waals surface area contributed by atoms with Crippen LogP contribution in [0.5, 0.6) is 0 Å². The van der Waals surface area contributed by atoms with E-state index in [2.05, 4.69) is 16.0 Å². The molecule has 0 unspecified atom stereocenters. The van der Waals surface area contributed by atoms with E-state index in [1.54, 1.807) is 0 Å². The summed E-state index contributed by atoms with van der Waals surface area (Å²) in [6.45, 7) is 3.19. The van der Waals surface area contributed by atoms with Gasteiger partial charge < -0.3 is 10.6 Å². The minimum absolute atomic E-state index is 0.130. The molecule has 0 aliphatic carbocycles. The molecule has 0 aromatic carbocycles. The Morgan fingerprint density at radius 3 is 2.68 bits per heavy atom. The van der Waals surface area contributed by atoms with Crippen molar-refractivity contribution in [3.8, 4) is 6.07 Å². The lowest BCUT2D eigenvalue weighted by Crippen LogP contribution is -2.47. The Morgan fingerprint density at radius 1 is 1.47 bits per heavy atom. The van der Waals surface area contributed by atoms with Gasteiger partial charge in [-0.05, 0) is 0 Å². The van der Waals surface area contributed by atoms with E-state index >= 15 is 0 Å². The number of nitro groups is 1. The maximum Gasteiger partial charge on any atom is 0.329 e. The number of nitrogens with zero attached hydrogens (tertiary/aromatic N) is 6. The molecular formula is C10H13N7O2. The minimum atomic E-state index is -0.607. The van der Waals surface area contributed by atoms with Crippen LogP contribution in [0.3, 0.4) is 0 Å². The van der Waals surface area contributed by atoms with E-state index in [0.717, 1.165) is 19.3 Å². The fraction of sp³-hybridized carbons (Fsp3) is 0.500. The predicted octanol–water partition coefficient (Wildman–Crippen LogP) is -0.387. The van der Waals surface area contributed by atoms with Crippen LogP contribution in [0.2, 0.25) is 0 Å². The summed E-state index contributed by atoms with van der Waals surface area (Å²) in [5, 5.41) is 19.2.